The van der Waals surface area contributed by atoms with Gasteiger partial charge in [0.1, 0.15) is 0 Å². The third kappa shape index (κ3) is 3.42. The Kier molecular flexibility index (Phi) is 5.91. The second kappa shape index (κ2) is 6.96. The standard InChI is InChI=1S/C13H18INO2/c1-3-15(4-2)13(17)11-8-6-5-7-10(11)12(16)9-14/h5-8,12,16H,3-4,9H2,1-2H3. The molecule has 3 nitrogen and oxygen atoms in total. The molecule has 17 heavy (non-hydrogen) atoms. The molecule has 1 aromatic rings. The van der Waals surface area contributed by atoms with Gasteiger partial charge in [0, 0.05) is 23.1 Å². The molecule has 0 aromatic heterocycles. The van der Waals surface area contributed by atoms with Crippen LogP contribution in [0.4, 0.5) is 0 Å². The lowest BCUT2D eigenvalue weighted by Crippen LogP contribution is -2.31. The summed E-state index contributed by atoms with van der Waals surface area (Å²) >= 11 is 2.12. The molecular formula is C13H18INO2. The number of rotatable bonds is 5. The summed E-state index contributed by atoms with van der Waals surface area (Å²) < 4.78 is 0.584. The van der Waals surface area contributed by atoms with E-state index in [1.807, 2.05) is 32.0 Å². The Morgan fingerprint density at radius 2 is 1.94 bits per heavy atom. The van der Waals surface area contributed by atoms with Crippen LogP contribution in [0.25, 0.3) is 0 Å². The predicted molar refractivity (Wildman–Crippen MR) is 77.5 cm³/mol. The van der Waals surface area contributed by atoms with Crippen LogP contribution in [0.1, 0.15) is 35.9 Å². The van der Waals surface area contributed by atoms with Crippen molar-refractivity contribution in [3.63, 3.8) is 0 Å². The Morgan fingerprint density at radius 3 is 2.47 bits per heavy atom. The number of aliphatic hydroxyl groups excluding tert-OH is 1. The number of halogens is 1. The fraction of sp³-hybridized carbons (Fsp3) is 0.462. The summed E-state index contributed by atoms with van der Waals surface area (Å²) in [4.78, 5) is 14.0. The normalized spacial score (nSPS) is 12.2. The lowest BCUT2D eigenvalue weighted by Gasteiger charge is -2.21. The van der Waals surface area contributed by atoms with Crippen molar-refractivity contribution in [1.82, 2.24) is 4.90 Å². The Balaban J connectivity index is 3.08. The number of alkyl halides is 1. The maximum Gasteiger partial charge on any atom is 0.254 e. The molecule has 0 bridgehead atoms. The number of carbonyl (C=O) groups excluding carboxylic acids is 1. The van der Waals surface area contributed by atoms with Gasteiger partial charge in [-0.15, -0.1) is 0 Å². The molecule has 0 aliphatic heterocycles. The van der Waals surface area contributed by atoms with Crippen molar-refractivity contribution in [2.24, 2.45) is 0 Å². The van der Waals surface area contributed by atoms with Gasteiger partial charge in [-0.1, -0.05) is 40.8 Å². The molecule has 0 fully saturated rings. The van der Waals surface area contributed by atoms with Crippen molar-refractivity contribution < 1.29 is 9.90 Å². The summed E-state index contributed by atoms with van der Waals surface area (Å²) in [5.41, 5.74) is 1.33. The molecular weight excluding hydrogens is 329 g/mol. The largest absolute Gasteiger partial charge is 0.388 e. The Hall–Kier alpha value is -0.620. The molecule has 4 heteroatoms. The van der Waals surface area contributed by atoms with Crippen molar-refractivity contribution >= 4 is 28.5 Å². The van der Waals surface area contributed by atoms with E-state index in [9.17, 15) is 9.90 Å². The number of aliphatic hydroxyl groups is 1. The number of carbonyl (C=O) groups is 1. The summed E-state index contributed by atoms with van der Waals surface area (Å²) in [6.07, 6.45) is -0.577. The summed E-state index contributed by atoms with van der Waals surface area (Å²) in [5.74, 6) is -0.00509. The summed E-state index contributed by atoms with van der Waals surface area (Å²) in [5, 5.41) is 9.91. The molecule has 0 aliphatic rings. The van der Waals surface area contributed by atoms with Gasteiger partial charge in [-0.3, -0.25) is 4.79 Å². The first kappa shape index (κ1) is 14.4. The van der Waals surface area contributed by atoms with Crippen molar-refractivity contribution in [2.75, 3.05) is 17.5 Å². The maximum atomic E-state index is 12.3. The lowest BCUT2D eigenvalue weighted by molar-refractivity contribution is 0.0767. The average Bonchev–Trinajstić information content (AvgIpc) is 2.39. The highest BCUT2D eigenvalue weighted by Crippen LogP contribution is 2.21. The van der Waals surface area contributed by atoms with Crippen LogP contribution in [0.15, 0.2) is 24.3 Å². The smallest absolute Gasteiger partial charge is 0.254 e. The lowest BCUT2D eigenvalue weighted by atomic mass is 10.0. The first-order valence-electron chi connectivity index (χ1n) is 5.77. The molecule has 1 N–H and O–H groups in total. The number of hydrogen-bond donors (Lipinski definition) is 1. The topological polar surface area (TPSA) is 40.5 Å². The second-order valence-corrected chi connectivity index (χ2v) is 4.62. The van der Waals surface area contributed by atoms with E-state index in [0.717, 1.165) is 5.56 Å². The zero-order valence-corrected chi connectivity index (χ0v) is 12.3. The fourth-order valence-corrected chi connectivity index (χ4v) is 2.22. The van der Waals surface area contributed by atoms with Gasteiger partial charge in [0.2, 0.25) is 0 Å². The van der Waals surface area contributed by atoms with Gasteiger partial charge in [0.25, 0.3) is 5.91 Å². The highest BCUT2D eigenvalue weighted by molar-refractivity contribution is 14.1. The highest BCUT2D eigenvalue weighted by atomic mass is 127. The van der Waals surface area contributed by atoms with Crippen LogP contribution < -0.4 is 0 Å². The molecule has 1 aromatic carbocycles. The average molecular weight is 347 g/mol. The second-order valence-electron chi connectivity index (χ2n) is 3.73. The first-order chi connectivity index (χ1) is 8.15. The molecule has 0 spiro atoms. The van der Waals surface area contributed by atoms with Crippen LogP contribution in [-0.2, 0) is 0 Å². The quantitative estimate of drug-likeness (QED) is 0.657. The van der Waals surface area contributed by atoms with Crippen molar-refractivity contribution in [3.8, 4) is 0 Å². The molecule has 94 valence electrons. The van der Waals surface area contributed by atoms with E-state index in [4.69, 9.17) is 0 Å². The fourth-order valence-electron chi connectivity index (χ4n) is 1.75. The van der Waals surface area contributed by atoms with E-state index >= 15 is 0 Å². The minimum atomic E-state index is -0.577. The highest BCUT2D eigenvalue weighted by Gasteiger charge is 2.19. The molecule has 0 aliphatic carbocycles. The van der Waals surface area contributed by atoms with Crippen molar-refractivity contribution in [3.05, 3.63) is 35.4 Å². The zero-order chi connectivity index (χ0) is 12.8. The zero-order valence-electron chi connectivity index (χ0n) is 10.2. The van der Waals surface area contributed by atoms with Crippen LogP contribution in [-0.4, -0.2) is 33.4 Å². The van der Waals surface area contributed by atoms with Gasteiger partial charge < -0.3 is 10.0 Å². The Labute approximate surface area is 116 Å². The number of nitrogens with zero attached hydrogens (tertiary/aromatic N) is 1. The van der Waals surface area contributed by atoms with E-state index in [-0.39, 0.29) is 5.91 Å². The predicted octanol–water partition coefficient (Wildman–Crippen LogP) is 2.64. The molecule has 0 saturated carbocycles. The number of hydrogen-bond acceptors (Lipinski definition) is 2. The van der Waals surface area contributed by atoms with Gasteiger partial charge in [-0.25, -0.2) is 0 Å². The van der Waals surface area contributed by atoms with E-state index in [1.165, 1.54) is 0 Å². The van der Waals surface area contributed by atoms with Gasteiger partial charge in [0.15, 0.2) is 0 Å². The molecule has 1 unspecified atom stereocenters. The molecule has 1 atom stereocenters. The molecule has 0 saturated heterocycles. The minimum Gasteiger partial charge on any atom is -0.388 e. The summed E-state index contributed by atoms with van der Waals surface area (Å²) in [7, 11) is 0. The van der Waals surface area contributed by atoms with Gasteiger partial charge >= 0.3 is 0 Å². The number of benzene rings is 1. The van der Waals surface area contributed by atoms with Crippen LogP contribution in [0.3, 0.4) is 0 Å². The van der Waals surface area contributed by atoms with E-state index in [1.54, 1.807) is 11.0 Å². The van der Waals surface area contributed by atoms with Crippen molar-refractivity contribution in [1.29, 1.82) is 0 Å². The molecule has 0 radical (unpaired) electrons. The third-order valence-electron chi connectivity index (χ3n) is 2.75. The van der Waals surface area contributed by atoms with Crippen LogP contribution in [0.2, 0.25) is 0 Å². The van der Waals surface area contributed by atoms with Crippen LogP contribution >= 0.6 is 22.6 Å². The monoisotopic (exact) mass is 347 g/mol. The SMILES string of the molecule is CCN(CC)C(=O)c1ccccc1C(O)CI. The Morgan fingerprint density at radius 1 is 1.35 bits per heavy atom. The molecule has 1 rings (SSSR count). The van der Waals surface area contributed by atoms with E-state index in [0.29, 0.717) is 23.1 Å². The summed E-state index contributed by atoms with van der Waals surface area (Å²) in [6, 6.07) is 7.29. The van der Waals surface area contributed by atoms with Crippen LogP contribution in [0.5, 0.6) is 0 Å². The minimum absolute atomic E-state index is 0.00509. The third-order valence-corrected chi connectivity index (χ3v) is 3.58. The molecule has 1 amide bonds. The number of amides is 1. The van der Waals surface area contributed by atoms with Crippen LogP contribution in [0, 0.1) is 0 Å². The Bertz CT molecular complexity index is 377. The summed E-state index contributed by atoms with van der Waals surface area (Å²) in [6.45, 7) is 5.28. The maximum absolute atomic E-state index is 12.3. The van der Waals surface area contributed by atoms with E-state index in [2.05, 4.69) is 22.6 Å². The van der Waals surface area contributed by atoms with Gasteiger partial charge in [-0.2, -0.15) is 0 Å². The first-order valence-corrected chi connectivity index (χ1v) is 7.30. The molecule has 0 heterocycles. The van der Waals surface area contributed by atoms with Gasteiger partial charge in [0.05, 0.1) is 6.10 Å². The van der Waals surface area contributed by atoms with E-state index < -0.39 is 6.10 Å². The van der Waals surface area contributed by atoms with Gasteiger partial charge in [-0.05, 0) is 25.5 Å². The van der Waals surface area contributed by atoms with Crippen molar-refractivity contribution in [2.45, 2.75) is 20.0 Å².